The molecule has 3 rings (SSSR count). The Morgan fingerprint density at radius 1 is 1.44 bits per heavy atom. The van der Waals surface area contributed by atoms with E-state index in [0.717, 1.165) is 18.6 Å². The molecule has 0 spiro atoms. The third kappa shape index (κ3) is 2.09. The summed E-state index contributed by atoms with van der Waals surface area (Å²) in [4.78, 5) is 2.35. The maximum Gasteiger partial charge on any atom is 0.120 e. The lowest BCUT2D eigenvalue weighted by atomic mass is 10.2. The van der Waals surface area contributed by atoms with Gasteiger partial charge in [-0.15, -0.1) is 0 Å². The molecule has 1 aliphatic rings. The van der Waals surface area contributed by atoms with Crippen molar-refractivity contribution < 1.29 is 4.74 Å². The molecule has 2 atom stereocenters. The second kappa shape index (κ2) is 4.84. The van der Waals surface area contributed by atoms with E-state index in [9.17, 15) is 0 Å². The minimum Gasteiger partial charge on any atom is -0.370 e. The van der Waals surface area contributed by atoms with E-state index in [2.05, 4.69) is 34.4 Å². The molecule has 2 aromatic rings. The summed E-state index contributed by atoms with van der Waals surface area (Å²) in [7, 11) is 0. The van der Waals surface area contributed by atoms with Crippen LogP contribution in [0, 0.1) is 0 Å². The van der Waals surface area contributed by atoms with Crippen LogP contribution in [-0.2, 0) is 4.74 Å². The molecule has 4 nitrogen and oxygen atoms in total. The third-order valence-corrected chi connectivity index (χ3v) is 4.18. The van der Waals surface area contributed by atoms with Gasteiger partial charge in [0.05, 0.1) is 17.7 Å². The summed E-state index contributed by atoms with van der Waals surface area (Å²) in [5, 5.41) is 2.46. The second-order valence-electron chi connectivity index (χ2n) is 4.71. The summed E-state index contributed by atoms with van der Waals surface area (Å²) >= 11 is 1.56. The highest BCUT2D eigenvalue weighted by Crippen LogP contribution is 2.32. The Kier molecular flexibility index (Phi) is 3.20. The molecule has 0 amide bonds. The van der Waals surface area contributed by atoms with Crippen LogP contribution in [0.1, 0.15) is 6.92 Å². The first-order valence-corrected chi connectivity index (χ1v) is 7.00. The Morgan fingerprint density at radius 2 is 2.28 bits per heavy atom. The van der Waals surface area contributed by atoms with Crippen molar-refractivity contribution in [3.8, 4) is 0 Å². The number of nitrogens with zero attached hydrogens (tertiary/aromatic N) is 2. The predicted molar refractivity (Wildman–Crippen MR) is 75.2 cm³/mol. The van der Waals surface area contributed by atoms with Crippen molar-refractivity contribution in [1.82, 2.24) is 4.37 Å². The van der Waals surface area contributed by atoms with Crippen molar-refractivity contribution in [2.45, 2.75) is 19.1 Å². The third-order valence-electron chi connectivity index (χ3n) is 3.24. The molecule has 0 saturated carbocycles. The van der Waals surface area contributed by atoms with Gasteiger partial charge in [-0.2, -0.15) is 4.37 Å². The second-order valence-corrected chi connectivity index (χ2v) is 5.47. The first-order chi connectivity index (χ1) is 8.78. The van der Waals surface area contributed by atoms with E-state index in [1.54, 1.807) is 11.5 Å². The van der Waals surface area contributed by atoms with E-state index in [-0.39, 0.29) is 12.2 Å². The van der Waals surface area contributed by atoms with Crippen LogP contribution in [0.25, 0.3) is 10.9 Å². The van der Waals surface area contributed by atoms with Crippen molar-refractivity contribution in [3.05, 3.63) is 24.3 Å². The number of hydrogen-bond acceptors (Lipinski definition) is 5. The minimum atomic E-state index is 0.120. The zero-order valence-corrected chi connectivity index (χ0v) is 11.2. The van der Waals surface area contributed by atoms with E-state index in [0.29, 0.717) is 6.54 Å². The minimum absolute atomic E-state index is 0.120. The molecule has 1 saturated heterocycles. The smallest absolute Gasteiger partial charge is 0.120 e. The largest absolute Gasteiger partial charge is 0.370 e. The number of anilines is 1. The fourth-order valence-corrected chi connectivity index (χ4v) is 3.32. The highest BCUT2D eigenvalue weighted by Gasteiger charge is 2.26. The topological polar surface area (TPSA) is 51.4 Å². The highest BCUT2D eigenvalue weighted by atomic mass is 32.1. The van der Waals surface area contributed by atoms with Gasteiger partial charge in [0.15, 0.2) is 0 Å². The van der Waals surface area contributed by atoms with Gasteiger partial charge in [-0.25, -0.2) is 0 Å². The molecule has 0 aliphatic carbocycles. The van der Waals surface area contributed by atoms with Gasteiger partial charge in [-0.1, -0.05) is 12.1 Å². The number of nitrogens with two attached hydrogens (primary N) is 1. The predicted octanol–water partition coefficient (Wildman–Crippen LogP) is 1.85. The van der Waals surface area contributed by atoms with Crippen LogP contribution in [0.5, 0.6) is 0 Å². The van der Waals surface area contributed by atoms with Gasteiger partial charge in [-0.3, -0.25) is 0 Å². The van der Waals surface area contributed by atoms with E-state index >= 15 is 0 Å². The Morgan fingerprint density at radius 3 is 3.11 bits per heavy atom. The van der Waals surface area contributed by atoms with Gasteiger partial charge < -0.3 is 15.4 Å². The van der Waals surface area contributed by atoms with Crippen LogP contribution in [0.2, 0.25) is 0 Å². The van der Waals surface area contributed by atoms with Gasteiger partial charge >= 0.3 is 0 Å². The average molecular weight is 263 g/mol. The molecule has 1 aliphatic heterocycles. The zero-order valence-electron chi connectivity index (χ0n) is 10.4. The summed E-state index contributed by atoms with van der Waals surface area (Å²) in [5.74, 6) is 0. The molecule has 5 heteroatoms. The maximum absolute atomic E-state index is 5.79. The van der Waals surface area contributed by atoms with Crippen molar-refractivity contribution in [2.24, 2.45) is 5.73 Å². The molecule has 1 fully saturated rings. The number of benzene rings is 1. The lowest BCUT2D eigenvalue weighted by Gasteiger charge is -2.36. The summed E-state index contributed by atoms with van der Waals surface area (Å²) in [6.07, 6.45) is 0.336. The number of hydrogen-bond donors (Lipinski definition) is 1. The molecule has 2 heterocycles. The quantitative estimate of drug-likeness (QED) is 0.898. The first kappa shape index (κ1) is 11.9. The maximum atomic E-state index is 5.79. The van der Waals surface area contributed by atoms with E-state index < -0.39 is 0 Å². The van der Waals surface area contributed by atoms with E-state index in [1.165, 1.54) is 10.4 Å². The van der Waals surface area contributed by atoms with Gasteiger partial charge in [0.1, 0.15) is 5.00 Å². The number of fused-ring (bicyclic) bond motifs is 1. The molecule has 2 N–H and O–H groups in total. The van der Waals surface area contributed by atoms with Gasteiger partial charge in [0.25, 0.3) is 0 Å². The average Bonchev–Trinajstić information content (AvgIpc) is 2.81. The Bertz CT molecular complexity index is 542. The SMILES string of the molecule is CC1CN(c2snc3ccccc23)CC(CN)O1. The zero-order chi connectivity index (χ0) is 12.5. The van der Waals surface area contributed by atoms with Crippen LogP contribution < -0.4 is 10.6 Å². The van der Waals surface area contributed by atoms with Crippen LogP contribution in [-0.4, -0.2) is 36.2 Å². The van der Waals surface area contributed by atoms with Crippen LogP contribution in [0.15, 0.2) is 24.3 Å². The number of morpholine rings is 1. The van der Waals surface area contributed by atoms with Gasteiger partial charge in [-0.05, 0) is 30.6 Å². The van der Waals surface area contributed by atoms with Crippen molar-refractivity contribution in [3.63, 3.8) is 0 Å². The number of aromatic nitrogens is 1. The number of ether oxygens (including phenoxy) is 1. The molecule has 1 aromatic heterocycles. The normalized spacial score (nSPS) is 24.7. The Balaban J connectivity index is 1.93. The van der Waals surface area contributed by atoms with Crippen molar-refractivity contribution >= 4 is 27.4 Å². The van der Waals surface area contributed by atoms with E-state index in [4.69, 9.17) is 10.5 Å². The van der Waals surface area contributed by atoms with Gasteiger partial charge in [0.2, 0.25) is 0 Å². The van der Waals surface area contributed by atoms with E-state index in [1.807, 2.05) is 6.07 Å². The molecule has 0 radical (unpaired) electrons. The molecule has 96 valence electrons. The van der Waals surface area contributed by atoms with Crippen molar-refractivity contribution in [1.29, 1.82) is 0 Å². The fourth-order valence-electron chi connectivity index (χ4n) is 2.44. The van der Waals surface area contributed by atoms with Crippen LogP contribution in [0.4, 0.5) is 5.00 Å². The summed E-state index contributed by atoms with van der Waals surface area (Å²) in [6, 6.07) is 8.27. The summed E-state index contributed by atoms with van der Waals surface area (Å²) < 4.78 is 10.3. The lowest BCUT2D eigenvalue weighted by Crippen LogP contribution is -2.49. The lowest BCUT2D eigenvalue weighted by molar-refractivity contribution is -0.0101. The van der Waals surface area contributed by atoms with Crippen molar-refractivity contribution in [2.75, 3.05) is 24.5 Å². The molecule has 18 heavy (non-hydrogen) atoms. The molecule has 1 aromatic carbocycles. The van der Waals surface area contributed by atoms with Crippen LogP contribution >= 0.6 is 11.5 Å². The number of rotatable bonds is 2. The summed E-state index contributed by atoms with van der Waals surface area (Å²) in [5.41, 5.74) is 6.80. The standard InChI is InChI=1S/C13H17N3OS/c1-9-7-16(8-10(6-14)17-9)13-11-4-2-3-5-12(11)15-18-13/h2-5,9-10H,6-8,14H2,1H3. The highest BCUT2D eigenvalue weighted by molar-refractivity contribution is 7.11. The molecular weight excluding hydrogens is 246 g/mol. The monoisotopic (exact) mass is 263 g/mol. The Labute approximate surface area is 111 Å². The van der Waals surface area contributed by atoms with Gasteiger partial charge in [0, 0.05) is 25.0 Å². The first-order valence-electron chi connectivity index (χ1n) is 6.23. The molecule has 2 unspecified atom stereocenters. The fraction of sp³-hybridized carbons (Fsp3) is 0.462. The molecule has 0 bridgehead atoms. The summed E-state index contributed by atoms with van der Waals surface area (Å²) in [6.45, 7) is 4.42. The van der Waals surface area contributed by atoms with Crippen LogP contribution in [0.3, 0.4) is 0 Å². The Hall–Kier alpha value is -1.17. The molecular formula is C13H17N3OS.